The number of nitrogens with zero attached hydrogens (tertiary/aromatic N) is 1. The Morgan fingerprint density at radius 2 is 2.05 bits per heavy atom. The highest BCUT2D eigenvalue weighted by molar-refractivity contribution is 5.85. The van der Waals surface area contributed by atoms with Crippen LogP contribution in [0.15, 0.2) is 30.9 Å². The molecule has 118 valence electrons. The van der Waals surface area contributed by atoms with Crippen LogP contribution in [0.5, 0.6) is 0 Å². The molecule has 0 radical (unpaired) electrons. The molecule has 1 amide bonds. The third-order valence-electron chi connectivity index (χ3n) is 3.85. The zero-order chi connectivity index (χ0) is 16.3. The number of carboxylic acids is 1. The Bertz CT molecular complexity index is 603. The molecule has 0 bridgehead atoms. The number of carbonyl (C=O) groups is 2. The maximum atomic E-state index is 13.5. The topological polar surface area (TPSA) is 57.6 Å². The summed E-state index contributed by atoms with van der Waals surface area (Å²) < 4.78 is 26.5. The molecule has 1 aromatic carbocycles. The Morgan fingerprint density at radius 3 is 2.64 bits per heavy atom. The summed E-state index contributed by atoms with van der Waals surface area (Å²) in [5.41, 5.74) is 0.405. The third kappa shape index (κ3) is 3.16. The van der Waals surface area contributed by atoms with Gasteiger partial charge in [-0.25, -0.2) is 13.6 Å². The van der Waals surface area contributed by atoms with Gasteiger partial charge in [0.1, 0.15) is 6.04 Å². The van der Waals surface area contributed by atoms with Crippen LogP contribution in [0, 0.1) is 11.6 Å². The molecule has 1 fully saturated rings. The minimum Gasteiger partial charge on any atom is -0.480 e. The smallest absolute Gasteiger partial charge is 0.326 e. The van der Waals surface area contributed by atoms with Crippen molar-refractivity contribution >= 4 is 11.9 Å². The Hall–Kier alpha value is -2.24. The third-order valence-corrected chi connectivity index (χ3v) is 3.85. The first-order valence-corrected chi connectivity index (χ1v) is 7.05. The largest absolute Gasteiger partial charge is 0.480 e. The number of amides is 1. The first kappa shape index (κ1) is 16.1. The van der Waals surface area contributed by atoms with E-state index in [2.05, 4.69) is 6.58 Å². The van der Waals surface area contributed by atoms with E-state index in [1.165, 1.54) is 17.0 Å². The van der Waals surface area contributed by atoms with Gasteiger partial charge < -0.3 is 10.0 Å². The van der Waals surface area contributed by atoms with Crippen LogP contribution >= 0.6 is 0 Å². The van der Waals surface area contributed by atoms with Crippen molar-refractivity contribution in [1.29, 1.82) is 0 Å². The number of halogens is 2. The summed E-state index contributed by atoms with van der Waals surface area (Å²) in [6.45, 7) is 3.48. The average Bonchev–Trinajstić information content (AvgIpc) is 2.49. The van der Waals surface area contributed by atoms with Crippen molar-refractivity contribution in [1.82, 2.24) is 4.90 Å². The van der Waals surface area contributed by atoms with E-state index in [0.29, 0.717) is 24.8 Å². The van der Waals surface area contributed by atoms with Crippen LogP contribution in [0.4, 0.5) is 8.78 Å². The standard InChI is InChI=1S/C16H17F2NO3/c1-2-4-15(20)19-13(5-3-6-14(19)16(21)22)10-7-8-11(17)12(18)9-10/h2,7-9,13-14H,1,3-6H2,(H,21,22)/t13-,14+/m0/s1. The fraction of sp³-hybridized carbons (Fsp3) is 0.375. The summed E-state index contributed by atoms with van der Waals surface area (Å²) in [6.07, 6.45) is 2.86. The summed E-state index contributed by atoms with van der Waals surface area (Å²) >= 11 is 0. The Kier molecular flexibility index (Phi) is 4.90. The van der Waals surface area contributed by atoms with Crippen LogP contribution in [0.25, 0.3) is 0 Å². The number of aliphatic carboxylic acids is 1. The predicted octanol–water partition coefficient (Wildman–Crippen LogP) is 3.05. The molecule has 0 spiro atoms. The van der Waals surface area contributed by atoms with Gasteiger partial charge in [0.25, 0.3) is 0 Å². The van der Waals surface area contributed by atoms with E-state index < -0.39 is 29.7 Å². The van der Waals surface area contributed by atoms with E-state index in [1.54, 1.807) is 0 Å². The van der Waals surface area contributed by atoms with Crippen molar-refractivity contribution in [3.8, 4) is 0 Å². The molecule has 1 aliphatic rings. The van der Waals surface area contributed by atoms with Crippen molar-refractivity contribution in [2.75, 3.05) is 0 Å². The number of carboxylic acid groups (broad SMARTS) is 1. The number of carbonyl (C=O) groups excluding carboxylic acids is 1. The van der Waals surface area contributed by atoms with Crippen LogP contribution < -0.4 is 0 Å². The second-order valence-electron chi connectivity index (χ2n) is 5.27. The summed E-state index contributed by atoms with van der Waals surface area (Å²) in [4.78, 5) is 25.0. The lowest BCUT2D eigenvalue weighted by Gasteiger charge is -2.40. The summed E-state index contributed by atoms with van der Waals surface area (Å²) in [6, 6.07) is 1.88. The second-order valence-corrected chi connectivity index (χ2v) is 5.27. The van der Waals surface area contributed by atoms with Gasteiger partial charge in [-0.15, -0.1) is 6.58 Å². The molecule has 0 saturated carbocycles. The van der Waals surface area contributed by atoms with Gasteiger partial charge in [-0.05, 0) is 37.0 Å². The van der Waals surface area contributed by atoms with Crippen LogP contribution in [-0.4, -0.2) is 27.9 Å². The molecule has 2 atom stereocenters. The van der Waals surface area contributed by atoms with Crippen LogP contribution in [0.3, 0.4) is 0 Å². The zero-order valence-corrected chi connectivity index (χ0v) is 12.0. The number of rotatable bonds is 4. The second kappa shape index (κ2) is 6.68. The lowest BCUT2D eigenvalue weighted by atomic mass is 9.90. The van der Waals surface area contributed by atoms with Gasteiger partial charge in [0, 0.05) is 6.42 Å². The molecule has 1 N–H and O–H groups in total. The van der Waals surface area contributed by atoms with E-state index >= 15 is 0 Å². The molecular weight excluding hydrogens is 292 g/mol. The summed E-state index contributed by atoms with van der Waals surface area (Å²) in [7, 11) is 0. The first-order valence-electron chi connectivity index (χ1n) is 7.05. The summed E-state index contributed by atoms with van der Waals surface area (Å²) in [5, 5.41) is 9.34. The number of piperidine rings is 1. The molecule has 0 aliphatic carbocycles. The number of hydrogen-bond donors (Lipinski definition) is 1. The first-order chi connectivity index (χ1) is 10.5. The predicted molar refractivity (Wildman–Crippen MR) is 76.0 cm³/mol. The normalized spacial score (nSPS) is 21.5. The molecule has 1 heterocycles. The van der Waals surface area contributed by atoms with Crippen molar-refractivity contribution in [3.63, 3.8) is 0 Å². The van der Waals surface area contributed by atoms with Crippen molar-refractivity contribution < 1.29 is 23.5 Å². The van der Waals surface area contributed by atoms with E-state index in [-0.39, 0.29) is 12.3 Å². The summed E-state index contributed by atoms with van der Waals surface area (Å²) in [5.74, 6) is -3.45. The quantitative estimate of drug-likeness (QED) is 0.870. The van der Waals surface area contributed by atoms with E-state index in [1.807, 2.05) is 0 Å². The molecule has 1 saturated heterocycles. The van der Waals surface area contributed by atoms with E-state index in [0.717, 1.165) is 12.1 Å². The number of benzene rings is 1. The van der Waals surface area contributed by atoms with E-state index in [4.69, 9.17) is 0 Å². The van der Waals surface area contributed by atoms with Gasteiger partial charge >= 0.3 is 5.97 Å². The van der Waals surface area contributed by atoms with Gasteiger partial charge in [0.05, 0.1) is 6.04 Å². The van der Waals surface area contributed by atoms with Gasteiger partial charge in [-0.3, -0.25) is 4.79 Å². The lowest BCUT2D eigenvalue weighted by Crippen LogP contribution is -2.49. The van der Waals surface area contributed by atoms with Gasteiger partial charge in [0.15, 0.2) is 11.6 Å². The van der Waals surface area contributed by atoms with Crippen molar-refractivity contribution in [2.45, 2.75) is 37.8 Å². The fourth-order valence-electron chi connectivity index (χ4n) is 2.87. The van der Waals surface area contributed by atoms with Gasteiger partial charge in [-0.1, -0.05) is 12.1 Å². The Balaban J connectivity index is 2.40. The minimum atomic E-state index is -1.09. The Morgan fingerprint density at radius 1 is 1.32 bits per heavy atom. The van der Waals surface area contributed by atoms with Crippen molar-refractivity contribution in [2.24, 2.45) is 0 Å². The molecule has 4 nitrogen and oxygen atoms in total. The van der Waals surface area contributed by atoms with Crippen LogP contribution in [0.1, 0.15) is 37.3 Å². The monoisotopic (exact) mass is 309 g/mol. The highest BCUT2D eigenvalue weighted by Gasteiger charge is 2.38. The molecule has 6 heteroatoms. The molecule has 22 heavy (non-hydrogen) atoms. The molecule has 1 aromatic rings. The molecule has 2 rings (SSSR count). The molecule has 0 aromatic heterocycles. The van der Waals surface area contributed by atoms with Crippen LogP contribution in [0.2, 0.25) is 0 Å². The lowest BCUT2D eigenvalue weighted by molar-refractivity contribution is -0.154. The molecular formula is C16H17F2NO3. The highest BCUT2D eigenvalue weighted by Crippen LogP contribution is 2.35. The number of likely N-dealkylation sites (tertiary alicyclic amines) is 1. The zero-order valence-electron chi connectivity index (χ0n) is 12.0. The highest BCUT2D eigenvalue weighted by atomic mass is 19.2. The van der Waals surface area contributed by atoms with Crippen LogP contribution in [-0.2, 0) is 9.59 Å². The molecule has 1 aliphatic heterocycles. The SMILES string of the molecule is C=CCC(=O)N1[C@@H](C(=O)O)CCC[C@H]1c1ccc(F)c(F)c1. The fourth-order valence-corrected chi connectivity index (χ4v) is 2.87. The maximum absolute atomic E-state index is 13.5. The maximum Gasteiger partial charge on any atom is 0.326 e. The van der Waals surface area contributed by atoms with Gasteiger partial charge in [0.2, 0.25) is 5.91 Å². The number of hydrogen-bond acceptors (Lipinski definition) is 2. The van der Waals surface area contributed by atoms with E-state index in [9.17, 15) is 23.5 Å². The Labute approximate surface area is 127 Å². The van der Waals surface area contributed by atoms with Crippen molar-refractivity contribution in [3.05, 3.63) is 48.1 Å². The molecule has 0 unspecified atom stereocenters. The van der Waals surface area contributed by atoms with Gasteiger partial charge in [-0.2, -0.15) is 0 Å². The average molecular weight is 309 g/mol. The minimum absolute atomic E-state index is 0.00393.